The van der Waals surface area contributed by atoms with Crippen molar-refractivity contribution in [3.8, 4) is 0 Å². The summed E-state index contributed by atoms with van der Waals surface area (Å²) in [5.74, 6) is 0.266. The second kappa shape index (κ2) is 10.2. The van der Waals surface area contributed by atoms with Gasteiger partial charge in [0.05, 0.1) is 37.9 Å². The predicted molar refractivity (Wildman–Crippen MR) is 137 cm³/mol. The summed E-state index contributed by atoms with van der Waals surface area (Å²) in [5.41, 5.74) is 0.430. The van der Waals surface area contributed by atoms with E-state index in [1.54, 1.807) is 23.2 Å². The molecule has 10 nitrogen and oxygen atoms in total. The minimum Gasteiger partial charge on any atom is -0.443 e. The molecule has 0 radical (unpaired) electrons. The van der Waals surface area contributed by atoms with Gasteiger partial charge in [-0.25, -0.2) is 4.79 Å². The molecule has 198 valence electrons. The Bertz CT molecular complexity index is 1270. The highest BCUT2D eigenvalue weighted by Gasteiger charge is 2.34. The number of carbonyl (C=O) groups excluding carboxylic acids is 2. The zero-order valence-corrected chi connectivity index (χ0v) is 21.5. The van der Waals surface area contributed by atoms with Crippen molar-refractivity contribution in [1.82, 2.24) is 9.80 Å². The zero-order chi connectivity index (χ0) is 26.2. The molecule has 4 heterocycles. The van der Waals surface area contributed by atoms with Crippen molar-refractivity contribution in [2.45, 2.75) is 38.8 Å². The van der Waals surface area contributed by atoms with E-state index >= 15 is 0 Å². The fourth-order valence-electron chi connectivity index (χ4n) is 4.83. The smallest absolute Gasteiger partial charge is 0.414 e. The molecule has 2 amide bonds. The Hall–Kier alpha value is -3.37. The van der Waals surface area contributed by atoms with Crippen molar-refractivity contribution in [1.29, 1.82) is 0 Å². The van der Waals surface area contributed by atoms with Gasteiger partial charge >= 0.3 is 6.09 Å². The lowest BCUT2D eigenvalue weighted by molar-refractivity contribution is 0.0287. The second-order valence-corrected chi connectivity index (χ2v) is 10.4. The Kier molecular flexibility index (Phi) is 6.96. The van der Waals surface area contributed by atoms with Crippen molar-refractivity contribution in [2.24, 2.45) is 0 Å². The number of benzene rings is 1. The van der Waals surface area contributed by atoms with Crippen LogP contribution < -0.4 is 10.3 Å². The number of nitrogens with zero attached hydrogens (tertiary/aromatic N) is 3. The molecule has 0 spiro atoms. The summed E-state index contributed by atoms with van der Waals surface area (Å²) in [6.45, 7) is 9.61. The summed E-state index contributed by atoms with van der Waals surface area (Å²) in [7, 11) is 0. The molecule has 2 aromatic rings. The molecule has 5 rings (SSSR count). The second-order valence-electron chi connectivity index (χ2n) is 10.4. The molecule has 0 saturated carbocycles. The van der Waals surface area contributed by atoms with Crippen LogP contribution >= 0.6 is 0 Å². The van der Waals surface area contributed by atoms with Gasteiger partial charge in [-0.15, -0.1) is 0 Å². The Morgan fingerprint density at radius 3 is 2.32 bits per heavy atom. The van der Waals surface area contributed by atoms with Gasteiger partial charge in [-0.05, 0) is 39.3 Å². The summed E-state index contributed by atoms with van der Waals surface area (Å²) in [5, 5.41) is 0.308. The standard InChI is InChI=1S/C27H33N3O7/c1-27(2,3)37-26(33)30-6-4-5-21(30)19-15-18(25(32)29-9-13-35-14-10-29)16-20-22(31)17-23(36-24(19)20)28-7-11-34-12-8-28/h4,6,15-17,21H,5,7-14H2,1-3H3. The largest absolute Gasteiger partial charge is 0.443 e. The number of amides is 2. The van der Waals surface area contributed by atoms with Gasteiger partial charge in [0.25, 0.3) is 5.91 Å². The first-order valence-electron chi connectivity index (χ1n) is 12.7. The number of rotatable bonds is 3. The molecule has 1 unspecified atom stereocenters. The fourth-order valence-corrected chi connectivity index (χ4v) is 4.83. The maximum atomic E-state index is 13.4. The van der Waals surface area contributed by atoms with Crippen molar-refractivity contribution < 1.29 is 28.2 Å². The molecule has 10 heteroatoms. The number of fused-ring (bicyclic) bond motifs is 1. The Morgan fingerprint density at radius 1 is 0.973 bits per heavy atom. The Morgan fingerprint density at radius 2 is 1.65 bits per heavy atom. The maximum Gasteiger partial charge on any atom is 0.414 e. The molecule has 3 aliphatic heterocycles. The van der Waals surface area contributed by atoms with Gasteiger partial charge < -0.3 is 28.4 Å². The van der Waals surface area contributed by atoms with E-state index in [1.165, 1.54) is 11.0 Å². The Labute approximate surface area is 215 Å². The maximum absolute atomic E-state index is 13.4. The van der Waals surface area contributed by atoms with Crippen LogP contribution in [0, 0.1) is 0 Å². The quantitative estimate of drug-likeness (QED) is 0.619. The average Bonchev–Trinajstić information content (AvgIpc) is 3.38. The van der Waals surface area contributed by atoms with Crippen LogP contribution in [0.4, 0.5) is 10.7 Å². The van der Waals surface area contributed by atoms with Crippen LogP contribution in [0.2, 0.25) is 0 Å². The molecule has 37 heavy (non-hydrogen) atoms. The molecule has 0 N–H and O–H groups in total. The van der Waals surface area contributed by atoms with E-state index in [1.807, 2.05) is 31.7 Å². The van der Waals surface area contributed by atoms with Gasteiger partial charge in [-0.3, -0.25) is 14.5 Å². The first-order valence-corrected chi connectivity index (χ1v) is 12.7. The van der Waals surface area contributed by atoms with Gasteiger partial charge in [0.2, 0.25) is 0 Å². The van der Waals surface area contributed by atoms with Crippen LogP contribution in [0.1, 0.15) is 49.2 Å². The molecular formula is C27H33N3O7. The topological polar surface area (TPSA) is 102 Å². The van der Waals surface area contributed by atoms with E-state index in [9.17, 15) is 14.4 Å². The van der Waals surface area contributed by atoms with E-state index in [0.717, 1.165) is 0 Å². The molecule has 3 aliphatic rings. The SMILES string of the molecule is CC(C)(C)OC(=O)N1C=CCC1c1cc(C(=O)N2CCOCC2)cc2c(=O)cc(N3CCOCC3)oc12. The van der Waals surface area contributed by atoms with Gasteiger partial charge in [0, 0.05) is 49.6 Å². The number of hydrogen-bond acceptors (Lipinski definition) is 8. The third kappa shape index (κ3) is 5.35. The van der Waals surface area contributed by atoms with Gasteiger partial charge in [0.15, 0.2) is 11.3 Å². The summed E-state index contributed by atoms with van der Waals surface area (Å²) in [4.78, 5) is 45.1. The summed E-state index contributed by atoms with van der Waals surface area (Å²) in [6, 6.07) is 4.34. The molecule has 2 saturated heterocycles. The lowest BCUT2D eigenvalue weighted by atomic mass is 9.97. The number of ether oxygens (including phenoxy) is 3. The molecule has 1 aromatic heterocycles. The summed E-state index contributed by atoms with van der Waals surface area (Å²) < 4.78 is 22.8. The van der Waals surface area contributed by atoms with E-state index in [0.29, 0.717) is 87.0 Å². The van der Waals surface area contributed by atoms with Gasteiger partial charge in [0.1, 0.15) is 11.2 Å². The monoisotopic (exact) mass is 511 g/mol. The molecule has 1 atom stereocenters. The number of hydrogen-bond donors (Lipinski definition) is 0. The van der Waals surface area contributed by atoms with E-state index < -0.39 is 17.7 Å². The molecule has 2 fully saturated rings. The first-order chi connectivity index (χ1) is 17.7. The number of carbonyl (C=O) groups is 2. The Balaban J connectivity index is 1.61. The van der Waals surface area contributed by atoms with Crippen LogP contribution in [-0.2, 0) is 14.2 Å². The highest BCUT2D eigenvalue weighted by atomic mass is 16.6. The average molecular weight is 512 g/mol. The summed E-state index contributed by atoms with van der Waals surface area (Å²) in [6.07, 6.45) is 3.55. The van der Waals surface area contributed by atoms with Crippen molar-refractivity contribution in [2.75, 3.05) is 57.5 Å². The van der Waals surface area contributed by atoms with Crippen LogP contribution in [0.25, 0.3) is 11.0 Å². The van der Waals surface area contributed by atoms with E-state index in [2.05, 4.69) is 0 Å². The molecule has 0 aliphatic carbocycles. The van der Waals surface area contributed by atoms with Gasteiger partial charge in [-0.1, -0.05) is 6.08 Å². The van der Waals surface area contributed by atoms with Crippen molar-refractivity contribution in [3.05, 3.63) is 51.8 Å². The molecular weight excluding hydrogens is 478 g/mol. The van der Waals surface area contributed by atoms with Crippen LogP contribution in [0.5, 0.6) is 0 Å². The summed E-state index contributed by atoms with van der Waals surface area (Å²) >= 11 is 0. The van der Waals surface area contributed by atoms with Crippen molar-refractivity contribution >= 4 is 28.9 Å². The van der Waals surface area contributed by atoms with Crippen LogP contribution in [0.3, 0.4) is 0 Å². The number of anilines is 1. The van der Waals surface area contributed by atoms with Crippen LogP contribution in [-0.4, -0.2) is 80.0 Å². The lowest BCUT2D eigenvalue weighted by Gasteiger charge is -2.30. The normalized spacial score (nSPS) is 20.5. The van der Waals surface area contributed by atoms with Crippen LogP contribution in [0.15, 0.2) is 39.7 Å². The lowest BCUT2D eigenvalue weighted by Crippen LogP contribution is -2.40. The third-order valence-electron chi connectivity index (χ3n) is 6.64. The third-order valence-corrected chi connectivity index (χ3v) is 6.64. The van der Waals surface area contributed by atoms with E-state index in [4.69, 9.17) is 18.6 Å². The van der Waals surface area contributed by atoms with Gasteiger partial charge in [-0.2, -0.15) is 0 Å². The first kappa shape index (κ1) is 25.3. The number of morpholine rings is 2. The minimum absolute atomic E-state index is 0.183. The highest BCUT2D eigenvalue weighted by molar-refractivity contribution is 5.99. The molecule has 1 aromatic carbocycles. The van der Waals surface area contributed by atoms with Crippen molar-refractivity contribution in [3.63, 3.8) is 0 Å². The zero-order valence-electron chi connectivity index (χ0n) is 21.5. The predicted octanol–water partition coefficient (Wildman–Crippen LogP) is 3.30. The fraction of sp³-hybridized carbons (Fsp3) is 0.519. The minimum atomic E-state index is -0.676. The highest BCUT2D eigenvalue weighted by Crippen LogP contribution is 2.37. The van der Waals surface area contributed by atoms with E-state index in [-0.39, 0.29) is 11.3 Å². The molecule has 0 bridgehead atoms.